The molecule has 0 unspecified atom stereocenters. The van der Waals surface area contributed by atoms with E-state index in [2.05, 4.69) is 15.4 Å². The van der Waals surface area contributed by atoms with Crippen molar-refractivity contribution in [3.63, 3.8) is 0 Å². The average molecular weight is 349 g/mol. The summed E-state index contributed by atoms with van der Waals surface area (Å²) in [6.07, 6.45) is 0. The predicted octanol–water partition coefficient (Wildman–Crippen LogP) is 0.373. The summed E-state index contributed by atoms with van der Waals surface area (Å²) in [5.74, 6) is -2.03. The molecular formula is C13H14Cl2N2O5. The van der Waals surface area contributed by atoms with Crippen LogP contribution in [0.25, 0.3) is 0 Å². The minimum atomic E-state index is -1.19. The summed E-state index contributed by atoms with van der Waals surface area (Å²) in [6.45, 7) is -1.01. The number of aliphatic hydroxyl groups is 1. The average Bonchev–Trinajstić information content (AvgIpc) is 2.49. The van der Waals surface area contributed by atoms with E-state index in [0.29, 0.717) is 5.02 Å². The van der Waals surface area contributed by atoms with Gasteiger partial charge in [-0.05, 0) is 18.2 Å². The van der Waals surface area contributed by atoms with Crippen LogP contribution in [-0.2, 0) is 14.3 Å². The number of amides is 2. The maximum Gasteiger partial charge on any atom is 0.330 e. The lowest BCUT2D eigenvalue weighted by Crippen LogP contribution is -2.47. The molecule has 0 fully saturated rings. The minimum absolute atomic E-state index is 0.146. The molecule has 0 saturated carbocycles. The Kier molecular flexibility index (Phi) is 7.10. The standard InChI is InChI=1S/C13H14Cl2N2O5/c1-22-13(21)10(6-18)17-11(19)5-16-12(20)8-3-2-7(14)4-9(8)15/h2-4,10,18H,5-6H2,1H3,(H,16,20)(H,17,19)/t10-/m1/s1. The van der Waals surface area contributed by atoms with Crippen molar-refractivity contribution in [3.8, 4) is 0 Å². The van der Waals surface area contributed by atoms with Crippen molar-refractivity contribution >= 4 is 41.0 Å². The van der Waals surface area contributed by atoms with Gasteiger partial charge in [-0.3, -0.25) is 9.59 Å². The van der Waals surface area contributed by atoms with Gasteiger partial charge in [-0.15, -0.1) is 0 Å². The smallest absolute Gasteiger partial charge is 0.330 e. The molecule has 9 heteroatoms. The van der Waals surface area contributed by atoms with Gasteiger partial charge in [-0.25, -0.2) is 4.79 Å². The zero-order valence-corrected chi connectivity index (χ0v) is 13.1. The number of methoxy groups -OCH3 is 1. The van der Waals surface area contributed by atoms with Gasteiger partial charge >= 0.3 is 5.97 Å². The van der Waals surface area contributed by atoms with Crippen LogP contribution in [0.1, 0.15) is 10.4 Å². The van der Waals surface area contributed by atoms with E-state index < -0.39 is 37.0 Å². The van der Waals surface area contributed by atoms with Crippen molar-refractivity contribution in [2.45, 2.75) is 6.04 Å². The van der Waals surface area contributed by atoms with Crippen molar-refractivity contribution < 1.29 is 24.2 Å². The summed E-state index contributed by atoms with van der Waals surface area (Å²) in [7, 11) is 1.13. The number of nitrogens with one attached hydrogen (secondary N) is 2. The molecule has 1 aromatic rings. The lowest BCUT2D eigenvalue weighted by atomic mass is 10.2. The molecule has 0 saturated heterocycles. The van der Waals surface area contributed by atoms with Gasteiger partial charge in [-0.1, -0.05) is 23.2 Å². The Hall–Kier alpha value is -1.83. The fraction of sp³-hybridized carbons (Fsp3) is 0.308. The second-order valence-electron chi connectivity index (χ2n) is 4.13. The summed E-state index contributed by atoms with van der Waals surface area (Å²) in [4.78, 5) is 34.7. The van der Waals surface area contributed by atoms with Crippen LogP contribution in [0.3, 0.4) is 0 Å². The fourth-order valence-electron chi connectivity index (χ4n) is 1.50. The molecule has 0 aliphatic carbocycles. The Balaban J connectivity index is 2.56. The Bertz CT molecular complexity index is 580. The molecule has 0 bridgehead atoms. The molecule has 1 rings (SSSR count). The SMILES string of the molecule is COC(=O)[C@@H](CO)NC(=O)CNC(=O)c1ccc(Cl)cc1Cl. The number of carbonyl (C=O) groups is 3. The normalized spacial score (nSPS) is 11.5. The lowest BCUT2D eigenvalue weighted by Gasteiger charge is -2.14. The van der Waals surface area contributed by atoms with Gasteiger partial charge in [-0.2, -0.15) is 0 Å². The quantitative estimate of drug-likeness (QED) is 0.644. The summed E-state index contributed by atoms with van der Waals surface area (Å²) >= 11 is 11.6. The number of hydrogen-bond donors (Lipinski definition) is 3. The number of aliphatic hydroxyl groups excluding tert-OH is 1. The maximum absolute atomic E-state index is 11.9. The van der Waals surface area contributed by atoms with Crippen molar-refractivity contribution in [3.05, 3.63) is 33.8 Å². The second kappa shape index (κ2) is 8.57. The topological polar surface area (TPSA) is 105 Å². The Morgan fingerprint density at radius 3 is 2.55 bits per heavy atom. The molecule has 1 atom stereocenters. The molecule has 7 nitrogen and oxygen atoms in total. The van der Waals surface area contributed by atoms with Crippen LogP contribution in [0.4, 0.5) is 0 Å². The third-order valence-corrected chi connectivity index (χ3v) is 3.14. The van der Waals surface area contributed by atoms with Crippen LogP contribution >= 0.6 is 23.2 Å². The number of benzene rings is 1. The van der Waals surface area contributed by atoms with Gasteiger partial charge < -0.3 is 20.5 Å². The van der Waals surface area contributed by atoms with E-state index in [1.54, 1.807) is 0 Å². The van der Waals surface area contributed by atoms with E-state index in [0.717, 1.165) is 7.11 Å². The predicted molar refractivity (Wildman–Crippen MR) is 79.8 cm³/mol. The number of esters is 1. The van der Waals surface area contributed by atoms with E-state index in [-0.39, 0.29) is 10.6 Å². The largest absolute Gasteiger partial charge is 0.467 e. The van der Waals surface area contributed by atoms with E-state index in [9.17, 15) is 14.4 Å². The molecule has 3 N–H and O–H groups in total. The Morgan fingerprint density at radius 1 is 1.32 bits per heavy atom. The summed E-state index contributed by atoms with van der Waals surface area (Å²) in [6, 6.07) is 3.12. The molecule has 22 heavy (non-hydrogen) atoms. The zero-order valence-electron chi connectivity index (χ0n) is 11.6. The highest BCUT2D eigenvalue weighted by atomic mass is 35.5. The van der Waals surface area contributed by atoms with Crippen LogP contribution in [0.2, 0.25) is 10.0 Å². The van der Waals surface area contributed by atoms with Crippen LogP contribution in [0.5, 0.6) is 0 Å². The molecule has 2 amide bonds. The number of carbonyl (C=O) groups excluding carboxylic acids is 3. The van der Waals surface area contributed by atoms with Gasteiger partial charge in [0.25, 0.3) is 5.91 Å². The van der Waals surface area contributed by atoms with Crippen LogP contribution in [0, 0.1) is 0 Å². The van der Waals surface area contributed by atoms with E-state index in [1.165, 1.54) is 18.2 Å². The van der Waals surface area contributed by atoms with Crippen molar-refractivity contribution in [1.82, 2.24) is 10.6 Å². The first-order chi connectivity index (χ1) is 10.4. The molecule has 0 aliphatic heterocycles. The Morgan fingerprint density at radius 2 is 2.00 bits per heavy atom. The Labute approximate surface area is 136 Å². The number of hydrogen-bond acceptors (Lipinski definition) is 5. The van der Waals surface area contributed by atoms with Gasteiger partial charge in [0.05, 0.1) is 30.8 Å². The first kappa shape index (κ1) is 18.2. The summed E-state index contributed by atoms with van der Waals surface area (Å²) in [5, 5.41) is 14.0. The van der Waals surface area contributed by atoms with Crippen molar-refractivity contribution in [2.75, 3.05) is 20.3 Å². The third kappa shape index (κ3) is 5.18. The van der Waals surface area contributed by atoms with Crippen molar-refractivity contribution in [1.29, 1.82) is 0 Å². The molecule has 1 aromatic carbocycles. The van der Waals surface area contributed by atoms with E-state index >= 15 is 0 Å². The van der Waals surface area contributed by atoms with E-state index in [1.807, 2.05) is 0 Å². The van der Waals surface area contributed by atoms with Crippen LogP contribution < -0.4 is 10.6 Å². The van der Waals surface area contributed by atoms with Gasteiger partial charge in [0.15, 0.2) is 6.04 Å². The maximum atomic E-state index is 11.9. The van der Waals surface area contributed by atoms with Crippen molar-refractivity contribution in [2.24, 2.45) is 0 Å². The first-order valence-electron chi connectivity index (χ1n) is 6.10. The first-order valence-corrected chi connectivity index (χ1v) is 6.86. The molecule has 0 heterocycles. The molecule has 0 spiro atoms. The highest BCUT2D eigenvalue weighted by Crippen LogP contribution is 2.20. The van der Waals surface area contributed by atoms with Crippen LogP contribution in [0.15, 0.2) is 18.2 Å². The number of rotatable bonds is 6. The highest BCUT2D eigenvalue weighted by molar-refractivity contribution is 6.36. The molecule has 120 valence electrons. The van der Waals surface area contributed by atoms with Gasteiger partial charge in [0, 0.05) is 5.02 Å². The van der Waals surface area contributed by atoms with E-state index in [4.69, 9.17) is 28.3 Å². The third-order valence-electron chi connectivity index (χ3n) is 2.59. The number of ether oxygens (including phenoxy) is 1. The minimum Gasteiger partial charge on any atom is -0.467 e. The van der Waals surface area contributed by atoms with Gasteiger partial charge in [0.2, 0.25) is 5.91 Å². The molecular weight excluding hydrogens is 335 g/mol. The fourth-order valence-corrected chi connectivity index (χ4v) is 1.99. The highest BCUT2D eigenvalue weighted by Gasteiger charge is 2.20. The monoisotopic (exact) mass is 348 g/mol. The molecule has 0 aliphatic rings. The summed E-state index contributed by atoms with van der Waals surface area (Å²) in [5.41, 5.74) is 0.158. The molecule has 0 aromatic heterocycles. The second-order valence-corrected chi connectivity index (χ2v) is 4.98. The molecule has 0 radical (unpaired) electrons. The lowest BCUT2D eigenvalue weighted by molar-refractivity contribution is -0.146. The van der Waals surface area contributed by atoms with Crippen LogP contribution in [-0.4, -0.2) is 49.2 Å². The van der Waals surface area contributed by atoms with Gasteiger partial charge in [0.1, 0.15) is 0 Å². The number of halogens is 2. The zero-order chi connectivity index (χ0) is 16.7. The summed E-state index contributed by atoms with van der Waals surface area (Å²) < 4.78 is 4.40.